The Balaban J connectivity index is 1.96. The second-order valence-corrected chi connectivity index (χ2v) is 8.03. The van der Waals surface area contributed by atoms with Gasteiger partial charge >= 0.3 is 0 Å². The Morgan fingerprint density at radius 3 is 2.43 bits per heavy atom. The number of aromatic nitrogens is 2. The summed E-state index contributed by atoms with van der Waals surface area (Å²) in [6, 6.07) is 10.6. The van der Waals surface area contributed by atoms with E-state index in [0.29, 0.717) is 0 Å². The zero-order valence-electron chi connectivity index (χ0n) is 13.8. The fraction of sp³-hybridized carbons (Fsp3) is 0.333. The Morgan fingerprint density at radius 2 is 1.83 bits per heavy atom. The molecule has 0 aliphatic heterocycles. The number of thiophene rings is 1. The Bertz CT molecular complexity index is 832. The molecule has 0 atom stereocenters. The van der Waals surface area contributed by atoms with Gasteiger partial charge in [-0.2, -0.15) is 4.98 Å². The summed E-state index contributed by atoms with van der Waals surface area (Å²) in [5, 5.41) is 4.67. The van der Waals surface area contributed by atoms with Gasteiger partial charge in [-0.3, -0.25) is 0 Å². The Kier molecular flexibility index (Phi) is 4.30. The molecule has 0 aliphatic carbocycles. The normalized spacial score (nSPS) is 11.9. The van der Waals surface area contributed by atoms with Crippen molar-refractivity contribution in [2.75, 3.05) is 5.32 Å². The molecule has 0 unspecified atom stereocenters. The number of anilines is 2. The molecule has 3 aromatic rings. The van der Waals surface area contributed by atoms with Gasteiger partial charge in [0.2, 0.25) is 5.28 Å². The van der Waals surface area contributed by atoms with Crippen LogP contribution < -0.4 is 5.32 Å². The summed E-state index contributed by atoms with van der Waals surface area (Å²) in [6.45, 7) is 8.76. The first kappa shape index (κ1) is 16.2. The van der Waals surface area contributed by atoms with Crippen LogP contribution in [0, 0.1) is 0 Å². The van der Waals surface area contributed by atoms with Crippen molar-refractivity contribution >= 4 is 44.7 Å². The highest BCUT2D eigenvalue weighted by Gasteiger charge is 2.14. The third-order valence-corrected chi connectivity index (χ3v) is 5.12. The molecule has 1 N–H and O–H groups in total. The number of fused-ring (bicyclic) bond motifs is 1. The average molecular weight is 346 g/mol. The van der Waals surface area contributed by atoms with E-state index in [4.69, 9.17) is 11.6 Å². The van der Waals surface area contributed by atoms with E-state index in [1.54, 1.807) is 11.3 Å². The van der Waals surface area contributed by atoms with Gasteiger partial charge in [0.25, 0.3) is 0 Å². The maximum Gasteiger partial charge on any atom is 0.225 e. The second kappa shape index (κ2) is 6.10. The topological polar surface area (TPSA) is 37.8 Å². The van der Waals surface area contributed by atoms with E-state index in [2.05, 4.69) is 73.3 Å². The minimum Gasteiger partial charge on any atom is -0.340 e. The molecule has 5 heteroatoms. The SMILES string of the molecule is CCc1cc2c(Nc3ccc(C(C)(C)C)cc3)nc(Cl)nc2s1. The molecule has 0 radical (unpaired) electrons. The molecule has 3 nitrogen and oxygen atoms in total. The molecule has 0 amide bonds. The predicted molar refractivity (Wildman–Crippen MR) is 100 cm³/mol. The van der Waals surface area contributed by atoms with E-state index < -0.39 is 0 Å². The maximum absolute atomic E-state index is 6.07. The largest absolute Gasteiger partial charge is 0.340 e. The molecule has 0 aliphatic rings. The van der Waals surface area contributed by atoms with Crippen LogP contribution in [0.3, 0.4) is 0 Å². The molecule has 120 valence electrons. The Labute approximate surface area is 145 Å². The number of nitrogens with zero attached hydrogens (tertiary/aromatic N) is 2. The van der Waals surface area contributed by atoms with Gasteiger partial charge in [0.15, 0.2) is 0 Å². The van der Waals surface area contributed by atoms with Crippen molar-refractivity contribution in [1.82, 2.24) is 9.97 Å². The van der Waals surface area contributed by atoms with Crippen molar-refractivity contribution in [3.05, 3.63) is 46.1 Å². The number of hydrogen-bond donors (Lipinski definition) is 1. The molecule has 0 fully saturated rings. The highest BCUT2D eigenvalue weighted by atomic mass is 35.5. The van der Waals surface area contributed by atoms with Crippen LogP contribution in [0.1, 0.15) is 38.1 Å². The Morgan fingerprint density at radius 1 is 1.13 bits per heavy atom. The van der Waals surface area contributed by atoms with Crippen LogP contribution in [0.4, 0.5) is 11.5 Å². The fourth-order valence-corrected chi connectivity index (χ4v) is 3.59. The van der Waals surface area contributed by atoms with Gasteiger partial charge in [0.1, 0.15) is 10.6 Å². The zero-order chi connectivity index (χ0) is 16.6. The predicted octanol–water partition coefficient (Wildman–Crippen LogP) is 5.95. The molecule has 2 aromatic heterocycles. The lowest BCUT2D eigenvalue weighted by atomic mass is 9.87. The molecule has 23 heavy (non-hydrogen) atoms. The second-order valence-electron chi connectivity index (χ2n) is 6.58. The van der Waals surface area contributed by atoms with Crippen LogP contribution in [0.2, 0.25) is 5.28 Å². The summed E-state index contributed by atoms with van der Waals surface area (Å²) in [7, 11) is 0. The quantitative estimate of drug-likeness (QED) is 0.596. The highest BCUT2D eigenvalue weighted by Crippen LogP contribution is 2.32. The molecule has 0 bridgehead atoms. The zero-order valence-corrected chi connectivity index (χ0v) is 15.3. The van der Waals surface area contributed by atoms with Crippen molar-refractivity contribution in [2.45, 2.75) is 39.5 Å². The van der Waals surface area contributed by atoms with E-state index in [0.717, 1.165) is 28.1 Å². The van der Waals surface area contributed by atoms with Crippen LogP contribution in [0.15, 0.2) is 30.3 Å². The average Bonchev–Trinajstić information content (AvgIpc) is 2.90. The number of rotatable bonds is 3. The van der Waals surface area contributed by atoms with Gasteiger partial charge in [0, 0.05) is 10.6 Å². The van der Waals surface area contributed by atoms with Crippen LogP contribution >= 0.6 is 22.9 Å². The lowest BCUT2D eigenvalue weighted by molar-refractivity contribution is 0.590. The van der Waals surface area contributed by atoms with Crippen molar-refractivity contribution < 1.29 is 0 Å². The van der Waals surface area contributed by atoms with E-state index in [1.165, 1.54) is 10.4 Å². The Hall–Kier alpha value is -1.65. The summed E-state index contributed by atoms with van der Waals surface area (Å²) >= 11 is 7.74. The number of hydrogen-bond acceptors (Lipinski definition) is 4. The molecule has 0 saturated heterocycles. The van der Waals surface area contributed by atoms with Gasteiger partial charge in [-0.15, -0.1) is 11.3 Å². The van der Waals surface area contributed by atoms with E-state index >= 15 is 0 Å². The summed E-state index contributed by atoms with van der Waals surface area (Å²) < 4.78 is 0. The first-order valence-electron chi connectivity index (χ1n) is 7.70. The van der Waals surface area contributed by atoms with Crippen LogP contribution in [-0.4, -0.2) is 9.97 Å². The monoisotopic (exact) mass is 345 g/mol. The molecule has 0 spiro atoms. The minimum absolute atomic E-state index is 0.146. The van der Waals surface area contributed by atoms with E-state index in [9.17, 15) is 0 Å². The number of benzene rings is 1. The lowest BCUT2D eigenvalue weighted by Gasteiger charge is -2.19. The van der Waals surface area contributed by atoms with Crippen molar-refractivity contribution in [2.24, 2.45) is 0 Å². The molecule has 1 aromatic carbocycles. The van der Waals surface area contributed by atoms with Gasteiger partial charge in [-0.25, -0.2) is 4.98 Å². The number of nitrogens with one attached hydrogen (secondary N) is 1. The van der Waals surface area contributed by atoms with E-state index in [-0.39, 0.29) is 10.7 Å². The number of halogens is 1. The molecule has 0 saturated carbocycles. The molecular formula is C18H20ClN3S. The lowest BCUT2D eigenvalue weighted by Crippen LogP contribution is -2.10. The fourth-order valence-electron chi connectivity index (χ4n) is 2.41. The van der Waals surface area contributed by atoms with Gasteiger partial charge < -0.3 is 5.32 Å². The van der Waals surface area contributed by atoms with Crippen LogP contribution in [-0.2, 0) is 11.8 Å². The maximum atomic E-state index is 6.07. The minimum atomic E-state index is 0.146. The number of aryl methyl sites for hydroxylation is 1. The first-order valence-corrected chi connectivity index (χ1v) is 8.90. The van der Waals surface area contributed by atoms with Gasteiger partial charge in [-0.05, 0) is 47.2 Å². The highest BCUT2D eigenvalue weighted by molar-refractivity contribution is 7.18. The smallest absolute Gasteiger partial charge is 0.225 e. The van der Waals surface area contributed by atoms with Gasteiger partial charge in [-0.1, -0.05) is 39.8 Å². The molecule has 2 heterocycles. The summed E-state index contributed by atoms with van der Waals surface area (Å²) in [5.41, 5.74) is 2.45. The molecular weight excluding hydrogens is 326 g/mol. The standard InChI is InChI=1S/C18H20ClN3S/c1-5-13-10-14-15(21-17(19)22-16(14)23-13)20-12-8-6-11(7-9-12)18(2,3)4/h6-10H,5H2,1-4H3,(H,20,21,22). The van der Waals surface area contributed by atoms with Crippen LogP contribution in [0.25, 0.3) is 10.2 Å². The summed E-state index contributed by atoms with van der Waals surface area (Å²) in [6.07, 6.45) is 0.984. The third-order valence-electron chi connectivity index (χ3n) is 3.78. The van der Waals surface area contributed by atoms with Gasteiger partial charge in [0.05, 0.1) is 5.39 Å². The first-order chi connectivity index (χ1) is 10.9. The third kappa shape index (κ3) is 3.48. The molecule has 3 rings (SSSR count). The van der Waals surface area contributed by atoms with Crippen molar-refractivity contribution in [3.8, 4) is 0 Å². The summed E-state index contributed by atoms with van der Waals surface area (Å²) in [4.78, 5) is 10.9. The summed E-state index contributed by atoms with van der Waals surface area (Å²) in [5.74, 6) is 0.763. The van der Waals surface area contributed by atoms with Crippen molar-refractivity contribution in [3.63, 3.8) is 0 Å². The van der Waals surface area contributed by atoms with Crippen molar-refractivity contribution in [1.29, 1.82) is 0 Å². The van der Waals surface area contributed by atoms with Crippen LogP contribution in [0.5, 0.6) is 0 Å². The van der Waals surface area contributed by atoms with E-state index in [1.807, 2.05) is 0 Å².